The van der Waals surface area contributed by atoms with Gasteiger partial charge in [0.2, 0.25) is 0 Å². The van der Waals surface area contributed by atoms with Crippen LogP contribution in [0.2, 0.25) is 0 Å². The molecule has 0 bridgehead atoms. The summed E-state index contributed by atoms with van der Waals surface area (Å²) in [6.07, 6.45) is 3.91. The summed E-state index contributed by atoms with van der Waals surface area (Å²) in [6.45, 7) is 4.53. The third kappa shape index (κ3) is 2.46. The van der Waals surface area contributed by atoms with E-state index in [9.17, 15) is 0 Å². The van der Waals surface area contributed by atoms with Crippen molar-refractivity contribution in [1.29, 1.82) is 0 Å². The minimum atomic E-state index is 0.476. The summed E-state index contributed by atoms with van der Waals surface area (Å²) in [5.41, 5.74) is 5.96. The van der Waals surface area contributed by atoms with Crippen molar-refractivity contribution in [2.24, 2.45) is 11.7 Å². The van der Waals surface area contributed by atoms with Crippen LogP contribution >= 0.6 is 0 Å². The van der Waals surface area contributed by atoms with E-state index in [0.717, 1.165) is 12.5 Å². The van der Waals surface area contributed by atoms with Crippen LogP contribution in [0.1, 0.15) is 26.2 Å². The number of nitrogens with two attached hydrogens (primary N) is 1. The molecule has 0 saturated heterocycles. The van der Waals surface area contributed by atoms with Crippen molar-refractivity contribution < 1.29 is 0 Å². The van der Waals surface area contributed by atoms with E-state index in [4.69, 9.17) is 5.73 Å². The first kappa shape index (κ1) is 9.01. The Bertz CT molecular complexity index is 114. The maximum atomic E-state index is 5.96. The van der Waals surface area contributed by atoms with Crippen LogP contribution in [0, 0.1) is 5.92 Å². The van der Waals surface area contributed by atoms with E-state index in [1.165, 1.54) is 25.8 Å². The molecule has 0 aromatic heterocycles. The van der Waals surface area contributed by atoms with Gasteiger partial charge in [-0.2, -0.15) is 0 Å². The van der Waals surface area contributed by atoms with Gasteiger partial charge in [0.1, 0.15) is 0 Å². The second kappa shape index (κ2) is 4.07. The number of rotatable bonds is 3. The maximum absolute atomic E-state index is 5.96. The lowest BCUT2D eigenvalue weighted by Crippen LogP contribution is -2.34. The van der Waals surface area contributed by atoms with Crippen molar-refractivity contribution in [1.82, 2.24) is 4.90 Å². The Morgan fingerprint density at radius 2 is 2.18 bits per heavy atom. The van der Waals surface area contributed by atoms with Gasteiger partial charge in [0.15, 0.2) is 0 Å². The van der Waals surface area contributed by atoms with Gasteiger partial charge in [-0.05, 0) is 32.4 Å². The molecule has 0 spiro atoms. The number of hydrogen-bond acceptors (Lipinski definition) is 2. The van der Waals surface area contributed by atoms with E-state index in [1.54, 1.807) is 0 Å². The normalized spacial score (nSPS) is 31.6. The Labute approximate surface area is 69.8 Å². The fourth-order valence-corrected chi connectivity index (χ4v) is 1.82. The first-order valence-electron chi connectivity index (χ1n) is 4.68. The highest BCUT2D eigenvalue weighted by Gasteiger charge is 2.24. The molecule has 11 heavy (non-hydrogen) atoms. The molecule has 66 valence electrons. The van der Waals surface area contributed by atoms with Gasteiger partial charge in [-0.3, -0.25) is 0 Å². The molecular weight excluding hydrogens is 136 g/mol. The van der Waals surface area contributed by atoms with E-state index in [-0.39, 0.29) is 0 Å². The van der Waals surface area contributed by atoms with Crippen molar-refractivity contribution in [3.05, 3.63) is 0 Å². The second-order valence-corrected chi connectivity index (χ2v) is 3.71. The van der Waals surface area contributed by atoms with Crippen molar-refractivity contribution in [3.63, 3.8) is 0 Å². The Balaban J connectivity index is 2.24. The molecule has 0 amide bonds. The molecule has 0 heterocycles. The fourth-order valence-electron chi connectivity index (χ4n) is 1.82. The lowest BCUT2D eigenvalue weighted by Gasteiger charge is -2.21. The summed E-state index contributed by atoms with van der Waals surface area (Å²) >= 11 is 0. The molecule has 2 heteroatoms. The van der Waals surface area contributed by atoms with E-state index < -0.39 is 0 Å². The van der Waals surface area contributed by atoms with Crippen LogP contribution in [0.15, 0.2) is 0 Å². The van der Waals surface area contributed by atoms with Crippen molar-refractivity contribution in [3.8, 4) is 0 Å². The molecule has 2 N–H and O–H groups in total. The molecule has 1 aliphatic rings. The standard InChI is InChI=1S/C9H20N2/c1-3-11(2)7-8-5-4-6-9(8)10/h8-9H,3-7,10H2,1-2H3/t8?,9-/m0/s1. The summed E-state index contributed by atoms with van der Waals surface area (Å²) in [5.74, 6) is 0.764. The summed E-state index contributed by atoms with van der Waals surface area (Å²) in [5, 5.41) is 0. The van der Waals surface area contributed by atoms with Gasteiger partial charge >= 0.3 is 0 Å². The van der Waals surface area contributed by atoms with Crippen LogP contribution < -0.4 is 5.73 Å². The lowest BCUT2D eigenvalue weighted by molar-refractivity contribution is 0.277. The Morgan fingerprint density at radius 3 is 2.64 bits per heavy atom. The third-order valence-electron chi connectivity index (χ3n) is 2.80. The quantitative estimate of drug-likeness (QED) is 0.662. The average molecular weight is 156 g/mol. The molecule has 1 aliphatic carbocycles. The van der Waals surface area contributed by atoms with Crippen LogP contribution in [0.25, 0.3) is 0 Å². The predicted octanol–water partition coefficient (Wildman–Crippen LogP) is 1.07. The van der Waals surface area contributed by atoms with Gasteiger partial charge in [-0.25, -0.2) is 0 Å². The van der Waals surface area contributed by atoms with Gasteiger partial charge in [-0.15, -0.1) is 0 Å². The van der Waals surface area contributed by atoms with Gasteiger partial charge in [-0.1, -0.05) is 13.3 Å². The van der Waals surface area contributed by atoms with E-state index >= 15 is 0 Å². The monoisotopic (exact) mass is 156 g/mol. The second-order valence-electron chi connectivity index (χ2n) is 3.71. The highest BCUT2D eigenvalue weighted by atomic mass is 15.1. The molecule has 2 atom stereocenters. The van der Waals surface area contributed by atoms with Crippen LogP contribution in [0.5, 0.6) is 0 Å². The maximum Gasteiger partial charge on any atom is 0.00793 e. The lowest BCUT2D eigenvalue weighted by atomic mass is 10.0. The minimum Gasteiger partial charge on any atom is -0.327 e. The summed E-state index contributed by atoms with van der Waals surface area (Å²) in [4.78, 5) is 2.36. The molecule has 2 nitrogen and oxygen atoms in total. The summed E-state index contributed by atoms with van der Waals surface area (Å²) < 4.78 is 0. The topological polar surface area (TPSA) is 29.3 Å². The van der Waals surface area contributed by atoms with Crippen LogP contribution in [-0.4, -0.2) is 31.1 Å². The Morgan fingerprint density at radius 1 is 1.45 bits per heavy atom. The molecule has 1 unspecified atom stereocenters. The highest BCUT2D eigenvalue weighted by Crippen LogP contribution is 2.24. The number of hydrogen-bond donors (Lipinski definition) is 1. The van der Waals surface area contributed by atoms with Crippen molar-refractivity contribution in [2.45, 2.75) is 32.2 Å². The first-order chi connectivity index (χ1) is 5.24. The molecule has 1 fully saturated rings. The van der Waals surface area contributed by atoms with Gasteiger partial charge in [0.25, 0.3) is 0 Å². The zero-order valence-corrected chi connectivity index (χ0v) is 7.71. The first-order valence-corrected chi connectivity index (χ1v) is 4.68. The SMILES string of the molecule is CCN(C)CC1CCC[C@@H]1N. The van der Waals surface area contributed by atoms with Crippen LogP contribution in [0.4, 0.5) is 0 Å². The molecule has 1 saturated carbocycles. The smallest absolute Gasteiger partial charge is 0.00793 e. The van der Waals surface area contributed by atoms with Gasteiger partial charge in [0, 0.05) is 12.6 Å². The van der Waals surface area contributed by atoms with Gasteiger partial charge in [0.05, 0.1) is 0 Å². The predicted molar refractivity (Wildman–Crippen MR) is 48.5 cm³/mol. The minimum absolute atomic E-state index is 0.476. The molecular formula is C9H20N2. The summed E-state index contributed by atoms with van der Waals surface area (Å²) in [6, 6.07) is 0.476. The Kier molecular flexibility index (Phi) is 3.34. The highest BCUT2D eigenvalue weighted by molar-refractivity contribution is 4.81. The zero-order valence-electron chi connectivity index (χ0n) is 7.71. The molecule has 1 rings (SSSR count). The van der Waals surface area contributed by atoms with E-state index in [1.807, 2.05) is 0 Å². The molecule has 0 aromatic rings. The summed E-state index contributed by atoms with van der Waals surface area (Å²) in [7, 11) is 2.17. The molecule has 0 radical (unpaired) electrons. The van der Waals surface area contributed by atoms with E-state index in [0.29, 0.717) is 6.04 Å². The van der Waals surface area contributed by atoms with Crippen molar-refractivity contribution >= 4 is 0 Å². The Hall–Kier alpha value is -0.0800. The molecule has 0 aromatic carbocycles. The largest absolute Gasteiger partial charge is 0.327 e. The fraction of sp³-hybridized carbons (Fsp3) is 1.00. The zero-order chi connectivity index (χ0) is 8.27. The van der Waals surface area contributed by atoms with E-state index in [2.05, 4.69) is 18.9 Å². The third-order valence-corrected chi connectivity index (χ3v) is 2.80. The molecule has 0 aliphatic heterocycles. The van der Waals surface area contributed by atoms with Crippen LogP contribution in [0.3, 0.4) is 0 Å². The van der Waals surface area contributed by atoms with Crippen LogP contribution in [-0.2, 0) is 0 Å². The van der Waals surface area contributed by atoms with Crippen molar-refractivity contribution in [2.75, 3.05) is 20.1 Å². The number of nitrogens with zero attached hydrogens (tertiary/aromatic N) is 1. The van der Waals surface area contributed by atoms with Gasteiger partial charge < -0.3 is 10.6 Å². The average Bonchev–Trinajstić information content (AvgIpc) is 2.37.